The van der Waals surface area contributed by atoms with E-state index in [1.807, 2.05) is 0 Å². The summed E-state index contributed by atoms with van der Waals surface area (Å²) in [5, 5.41) is 1.13. The molecule has 0 spiro atoms. The van der Waals surface area contributed by atoms with Crippen molar-refractivity contribution in [1.82, 2.24) is 5.32 Å². The second kappa shape index (κ2) is 5.05. The lowest BCUT2D eigenvalue weighted by Crippen LogP contribution is -2.36. The zero-order valence-electron chi connectivity index (χ0n) is 9.40. The normalized spacial score (nSPS) is 13.1. The second-order valence-corrected chi connectivity index (χ2v) is 6.64. The molecule has 1 unspecified atom stereocenters. The van der Waals surface area contributed by atoms with Crippen molar-refractivity contribution in [2.24, 2.45) is 0 Å². The molecule has 3 N–H and O–H groups in total. The van der Waals surface area contributed by atoms with Crippen LogP contribution in [0, 0.1) is 0 Å². The maximum Gasteiger partial charge on any atom is 0.238 e. The Labute approximate surface area is 108 Å². The van der Waals surface area contributed by atoms with Gasteiger partial charge in [-0.1, -0.05) is 15.9 Å². The summed E-state index contributed by atoms with van der Waals surface area (Å²) >= 11 is 3.19. The molecule has 1 atom stereocenters. The largest absolute Gasteiger partial charge is 0.398 e. The van der Waals surface area contributed by atoms with Gasteiger partial charge in [0.25, 0.3) is 0 Å². The molecule has 0 aliphatic heterocycles. The molecule has 0 aromatic heterocycles. The van der Waals surface area contributed by atoms with E-state index >= 15 is 0 Å². The molecule has 94 valence electrons. The molecule has 0 saturated carbocycles. The van der Waals surface area contributed by atoms with Crippen molar-refractivity contribution < 1.29 is 13.2 Å². The van der Waals surface area contributed by atoms with Gasteiger partial charge in [0.2, 0.25) is 5.91 Å². The van der Waals surface area contributed by atoms with E-state index in [1.54, 1.807) is 6.07 Å². The van der Waals surface area contributed by atoms with E-state index in [-0.39, 0.29) is 10.6 Å². The minimum atomic E-state index is -3.76. The van der Waals surface area contributed by atoms with E-state index in [0.717, 1.165) is 0 Å². The molecule has 0 heterocycles. The zero-order chi connectivity index (χ0) is 13.2. The van der Waals surface area contributed by atoms with Crippen LogP contribution in [0.1, 0.15) is 6.92 Å². The van der Waals surface area contributed by atoms with Gasteiger partial charge in [-0.2, -0.15) is 0 Å². The van der Waals surface area contributed by atoms with Crippen molar-refractivity contribution >= 4 is 37.4 Å². The van der Waals surface area contributed by atoms with Gasteiger partial charge in [0.1, 0.15) is 5.25 Å². The molecule has 1 rings (SSSR count). The molecular weight excluding hydrogens is 308 g/mol. The van der Waals surface area contributed by atoms with Crippen LogP contribution in [0.15, 0.2) is 27.6 Å². The summed E-state index contributed by atoms with van der Waals surface area (Å²) < 4.78 is 24.9. The van der Waals surface area contributed by atoms with Crippen LogP contribution in [-0.4, -0.2) is 26.6 Å². The maximum absolute atomic E-state index is 12.1. The van der Waals surface area contributed by atoms with Gasteiger partial charge in [0.05, 0.1) is 10.6 Å². The molecule has 5 nitrogen and oxygen atoms in total. The maximum atomic E-state index is 12.1. The van der Waals surface area contributed by atoms with E-state index < -0.39 is 21.0 Å². The fourth-order valence-electron chi connectivity index (χ4n) is 1.31. The van der Waals surface area contributed by atoms with Crippen LogP contribution in [0.5, 0.6) is 0 Å². The lowest BCUT2D eigenvalue weighted by atomic mass is 10.3. The highest BCUT2D eigenvalue weighted by Crippen LogP contribution is 2.25. The van der Waals surface area contributed by atoms with E-state index in [9.17, 15) is 13.2 Å². The van der Waals surface area contributed by atoms with Crippen molar-refractivity contribution in [3.8, 4) is 0 Å². The number of rotatable bonds is 3. The monoisotopic (exact) mass is 320 g/mol. The van der Waals surface area contributed by atoms with Crippen LogP contribution in [0.4, 0.5) is 5.69 Å². The first-order valence-corrected chi connectivity index (χ1v) is 7.15. The third-order valence-corrected chi connectivity index (χ3v) is 4.98. The summed E-state index contributed by atoms with van der Waals surface area (Å²) in [5.74, 6) is -0.563. The molecule has 0 radical (unpaired) electrons. The minimum Gasteiger partial charge on any atom is -0.398 e. The van der Waals surface area contributed by atoms with Crippen LogP contribution in [0.25, 0.3) is 0 Å². The topological polar surface area (TPSA) is 89.3 Å². The standard InChI is InChI=1S/C10H13BrN2O3S/c1-6(10(14)13-2)17(15,16)9-4-3-7(11)5-8(9)12/h3-6H,12H2,1-2H3,(H,13,14). The van der Waals surface area contributed by atoms with Gasteiger partial charge in [0, 0.05) is 11.5 Å². The number of nitrogen functional groups attached to an aromatic ring is 1. The van der Waals surface area contributed by atoms with Gasteiger partial charge < -0.3 is 11.1 Å². The lowest BCUT2D eigenvalue weighted by molar-refractivity contribution is -0.119. The number of benzene rings is 1. The van der Waals surface area contributed by atoms with E-state index in [0.29, 0.717) is 4.47 Å². The van der Waals surface area contributed by atoms with Gasteiger partial charge in [0.15, 0.2) is 9.84 Å². The fourth-order valence-corrected chi connectivity index (χ4v) is 3.12. The molecule has 1 amide bonds. The Kier molecular flexibility index (Phi) is 4.16. The lowest BCUT2D eigenvalue weighted by Gasteiger charge is -2.13. The van der Waals surface area contributed by atoms with Crippen LogP contribution >= 0.6 is 15.9 Å². The molecule has 1 aromatic carbocycles. The minimum absolute atomic E-state index is 0.0307. The number of carbonyl (C=O) groups is 1. The van der Waals surface area contributed by atoms with E-state index in [1.165, 1.54) is 26.1 Å². The first-order valence-electron chi connectivity index (χ1n) is 4.81. The van der Waals surface area contributed by atoms with E-state index in [4.69, 9.17) is 5.73 Å². The van der Waals surface area contributed by atoms with Gasteiger partial charge in [-0.15, -0.1) is 0 Å². The van der Waals surface area contributed by atoms with Gasteiger partial charge in [-0.3, -0.25) is 4.79 Å². The Bertz CT molecular complexity index is 542. The number of nitrogens with two attached hydrogens (primary N) is 1. The third-order valence-electron chi connectivity index (χ3n) is 2.36. The average molecular weight is 321 g/mol. The third kappa shape index (κ3) is 2.78. The van der Waals surface area contributed by atoms with Crippen LogP contribution in [-0.2, 0) is 14.6 Å². The van der Waals surface area contributed by atoms with Gasteiger partial charge in [-0.25, -0.2) is 8.42 Å². The number of amides is 1. The highest BCUT2D eigenvalue weighted by molar-refractivity contribution is 9.10. The first kappa shape index (κ1) is 14.0. The molecule has 0 aliphatic carbocycles. The molecule has 0 aliphatic rings. The van der Waals surface area contributed by atoms with Crippen LogP contribution in [0.2, 0.25) is 0 Å². The number of anilines is 1. The summed E-state index contributed by atoms with van der Waals surface area (Å²) in [4.78, 5) is 11.3. The molecule has 0 bridgehead atoms. The van der Waals surface area contributed by atoms with Crippen LogP contribution in [0.3, 0.4) is 0 Å². The molecule has 1 aromatic rings. The smallest absolute Gasteiger partial charge is 0.238 e. The predicted octanol–water partition coefficient (Wildman–Crippen LogP) is 0.939. The predicted molar refractivity (Wildman–Crippen MR) is 69.3 cm³/mol. The van der Waals surface area contributed by atoms with Crippen LogP contribution < -0.4 is 11.1 Å². The Morgan fingerprint density at radius 2 is 2.06 bits per heavy atom. The number of carbonyl (C=O) groups excluding carboxylic acids is 1. The molecule has 0 saturated heterocycles. The van der Waals surface area contributed by atoms with Crippen molar-refractivity contribution in [3.63, 3.8) is 0 Å². The van der Waals surface area contributed by atoms with Crippen molar-refractivity contribution in [1.29, 1.82) is 0 Å². The van der Waals surface area contributed by atoms with Crippen molar-refractivity contribution in [2.45, 2.75) is 17.1 Å². The van der Waals surface area contributed by atoms with Crippen molar-refractivity contribution in [3.05, 3.63) is 22.7 Å². The highest BCUT2D eigenvalue weighted by atomic mass is 79.9. The van der Waals surface area contributed by atoms with Gasteiger partial charge in [-0.05, 0) is 25.1 Å². The average Bonchev–Trinajstić information content (AvgIpc) is 2.26. The summed E-state index contributed by atoms with van der Waals surface area (Å²) in [5.41, 5.74) is 5.77. The molecule has 7 heteroatoms. The number of halogens is 1. The van der Waals surface area contributed by atoms with Crippen molar-refractivity contribution in [2.75, 3.05) is 12.8 Å². The first-order chi connectivity index (χ1) is 7.80. The summed E-state index contributed by atoms with van der Waals surface area (Å²) in [6.45, 7) is 1.33. The summed E-state index contributed by atoms with van der Waals surface area (Å²) in [6, 6.07) is 4.44. The fraction of sp³-hybridized carbons (Fsp3) is 0.300. The molecular formula is C10H13BrN2O3S. The zero-order valence-corrected chi connectivity index (χ0v) is 11.8. The summed E-state index contributed by atoms with van der Waals surface area (Å²) in [7, 11) is -2.37. The Morgan fingerprint density at radius 1 is 1.47 bits per heavy atom. The quantitative estimate of drug-likeness (QED) is 0.811. The number of nitrogens with one attached hydrogen (secondary N) is 1. The number of hydrogen-bond acceptors (Lipinski definition) is 4. The Morgan fingerprint density at radius 3 is 2.53 bits per heavy atom. The summed E-state index contributed by atoms with van der Waals surface area (Å²) in [6.07, 6.45) is 0. The Balaban J connectivity index is 3.27. The molecule has 17 heavy (non-hydrogen) atoms. The molecule has 0 fully saturated rings. The highest BCUT2D eigenvalue weighted by Gasteiger charge is 2.30. The van der Waals surface area contributed by atoms with E-state index in [2.05, 4.69) is 21.2 Å². The van der Waals surface area contributed by atoms with Gasteiger partial charge >= 0.3 is 0 Å². The number of hydrogen-bond donors (Lipinski definition) is 2. The number of sulfone groups is 1. The SMILES string of the molecule is CNC(=O)C(C)S(=O)(=O)c1ccc(Br)cc1N. The second-order valence-electron chi connectivity index (χ2n) is 3.48. The Hall–Kier alpha value is -1.08.